The minimum atomic E-state index is -0.975. The van der Waals surface area contributed by atoms with E-state index in [0.717, 1.165) is 38.5 Å². The van der Waals surface area contributed by atoms with Gasteiger partial charge in [-0.1, -0.05) is 25.3 Å². The van der Waals surface area contributed by atoms with Crippen LogP contribution in [0.1, 0.15) is 62.0 Å². The summed E-state index contributed by atoms with van der Waals surface area (Å²) >= 11 is 0. The molecule has 1 atom stereocenters. The second kappa shape index (κ2) is 14.2. The van der Waals surface area contributed by atoms with E-state index in [4.69, 9.17) is 10.5 Å². The third kappa shape index (κ3) is 7.03. The average molecular weight is 649 g/mol. The Bertz CT molecular complexity index is 1570. The van der Waals surface area contributed by atoms with Crippen LogP contribution in [-0.4, -0.2) is 90.3 Å². The van der Waals surface area contributed by atoms with Crippen molar-refractivity contribution in [2.75, 3.05) is 67.3 Å². The number of ether oxygens (including phenoxy) is 1. The van der Waals surface area contributed by atoms with Gasteiger partial charge in [0.05, 0.1) is 35.5 Å². The van der Waals surface area contributed by atoms with Crippen molar-refractivity contribution in [3.63, 3.8) is 0 Å². The third-order valence-electron chi connectivity index (χ3n) is 9.80. The summed E-state index contributed by atoms with van der Waals surface area (Å²) in [7, 11) is 3.31. The number of para-hydroxylation sites is 1. The van der Waals surface area contributed by atoms with E-state index >= 15 is 4.39 Å². The number of H-pyrrole nitrogens is 1. The highest BCUT2D eigenvalue weighted by atomic mass is 19.1. The predicted molar refractivity (Wildman–Crippen MR) is 179 cm³/mol. The van der Waals surface area contributed by atoms with E-state index in [-0.39, 0.29) is 17.8 Å². The zero-order chi connectivity index (χ0) is 33.0. The van der Waals surface area contributed by atoms with E-state index in [2.05, 4.69) is 35.9 Å². The molecule has 2 aliphatic heterocycles. The van der Waals surface area contributed by atoms with Gasteiger partial charge in [-0.05, 0) is 50.3 Å². The van der Waals surface area contributed by atoms with Crippen LogP contribution in [0.4, 0.5) is 27.5 Å². The SMILES string of the molecule is CNc1nc(-c2cnc(C(=O)Nc3cccc(F)c3N3CCC(CN)CC3)[nH]2)cc(N2CC[C@@](OC)(C(=O)NC3CCCCC3)C2)n1. The molecule has 1 aliphatic carbocycles. The fraction of sp³-hybridized carbons (Fsp3) is 0.545. The second-order valence-electron chi connectivity index (χ2n) is 12.8. The number of methoxy groups -OCH3 is 1. The first kappa shape index (κ1) is 32.6. The quantitative estimate of drug-likeness (QED) is 0.220. The highest BCUT2D eigenvalue weighted by Crippen LogP contribution is 2.34. The van der Waals surface area contributed by atoms with Gasteiger partial charge < -0.3 is 41.2 Å². The Kier molecular flexibility index (Phi) is 9.87. The number of hydrogen-bond acceptors (Lipinski definition) is 10. The average Bonchev–Trinajstić information content (AvgIpc) is 3.78. The molecule has 6 N–H and O–H groups in total. The van der Waals surface area contributed by atoms with Gasteiger partial charge >= 0.3 is 0 Å². The number of rotatable bonds is 10. The standard InChI is InChI=1S/C33H45FN10O3/c1-36-32-41-25(17-27(42-32)44-16-13-33(20-44,47-2)31(46)38-22-7-4-3-5-8-22)26-19-37-29(39-26)30(45)40-24-10-6-9-23(34)28(24)43-14-11-21(18-35)12-15-43/h6,9-10,17,19,21-22H,3-5,7-8,11-16,18,20,35H2,1-2H3,(H,37,39)(H,38,46)(H,40,45)(H,36,41,42)/t33-/m0/s1. The van der Waals surface area contributed by atoms with Crippen LogP contribution >= 0.6 is 0 Å². The maximum atomic E-state index is 15.1. The van der Waals surface area contributed by atoms with E-state index in [1.165, 1.54) is 18.7 Å². The highest BCUT2D eigenvalue weighted by molar-refractivity contribution is 6.04. The van der Waals surface area contributed by atoms with Crippen LogP contribution in [0.15, 0.2) is 30.5 Å². The highest BCUT2D eigenvalue weighted by Gasteiger charge is 2.46. The molecule has 6 rings (SSSR count). The van der Waals surface area contributed by atoms with Gasteiger partial charge in [0.1, 0.15) is 11.6 Å². The number of halogens is 1. The minimum Gasteiger partial charge on any atom is -0.367 e. The number of piperidine rings is 1. The number of benzene rings is 1. The molecule has 2 saturated heterocycles. The van der Waals surface area contributed by atoms with Crippen molar-refractivity contribution in [3.8, 4) is 11.4 Å². The van der Waals surface area contributed by atoms with Crippen LogP contribution in [-0.2, 0) is 9.53 Å². The molecule has 0 radical (unpaired) electrons. The summed E-state index contributed by atoms with van der Waals surface area (Å²) in [5.41, 5.74) is 6.63. The van der Waals surface area contributed by atoms with Gasteiger partial charge in [-0.3, -0.25) is 9.59 Å². The predicted octanol–water partition coefficient (Wildman–Crippen LogP) is 3.52. The van der Waals surface area contributed by atoms with Gasteiger partial charge in [0, 0.05) is 52.3 Å². The number of nitrogens with two attached hydrogens (primary N) is 1. The molecule has 2 aromatic heterocycles. The molecule has 0 unspecified atom stereocenters. The van der Waals surface area contributed by atoms with Crippen molar-refractivity contribution in [1.82, 2.24) is 25.3 Å². The van der Waals surface area contributed by atoms with Crippen LogP contribution in [0.5, 0.6) is 0 Å². The van der Waals surface area contributed by atoms with Crippen molar-refractivity contribution < 1.29 is 18.7 Å². The fourth-order valence-electron chi connectivity index (χ4n) is 6.91. The Morgan fingerprint density at radius 2 is 1.89 bits per heavy atom. The topological polar surface area (TPSA) is 166 Å². The minimum absolute atomic E-state index is 0.0576. The smallest absolute Gasteiger partial charge is 0.291 e. The maximum absolute atomic E-state index is 15.1. The number of aromatic nitrogens is 4. The molecule has 1 aromatic carbocycles. The Morgan fingerprint density at radius 1 is 1.11 bits per heavy atom. The van der Waals surface area contributed by atoms with E-state index in [1.54, 1.807) is 32.4 Å². The first-order valence-corrected chi connectivity index (χ1v) is 16.6. The number of carbonyl (C=O) groups is 2. The Balaban J connectivity index is 1.17. The summed E-state index contributed by atoms with van der Waals surface area (Å²) in [5.74, 6) is 0.492. The maximum Gasteiger partial charge on any atom is 0.291 e. The van der Waals surface area contributed by atoms with Crippen LogP contribution in [0.2, 0.25) is 0 Å². The second-order valence-corrected chi connectivity index (χ2v) is 12.8. The molecule has 4 heterocycles. The summed E-state index contributed by atoms with van der Waals surface area (Å²) in [4.78, 5) is 47.4. The first-order valence-electron chi connectivity index (χ1n) is 16.6. The Hall–Kier alpha value is -4.30. The lowest BCUT2D eigenvalue weighted by Gasteiger charge is -2.34. The molecule has 3 fully saturated rings. The molecule has 3 aliphatic rings. The van der Waals surface area contributed by atoms with E-state index in [0.29, 0.717) is 79.6 Å². The van der Waals surface area contributed by atoms with Crippen LogP contribution < -0.4 is 31.5 Å². The van der Waals surface area contributed by atoms with Gasteiger partial charge in [-0.2, -0.15) is 4.98 Å². The van der Waals surface area contributed by atoms with Crippen LogP contribution in [0.3, 0.4) is 0 Å². The van der Waals surface area contributed by atoms with Gasteiger partial charge in [-0.25, -0.2) is 14.4 Å². The summed E-state index contributed by atoms with van der Waals surface area (Å²) < 4.78 is 20.9. The van der Waals surface area contributed by atoms with E-state index < -0.39 is 17.3 Å². The number of anilines is 4. The number of nitrogens with one attached hydrogen (secondary N) is 4. The lowest BCUT2D eigenvalue weighted by atomic mass is 9.94. The molecule has 3 aromatic rings. The molecule has 0 bridgehead atoms. The van der Waals surface area contributed by atoms with Crippen molar-refractivity contribution in [3.05, 3.63) is 42.1 Å². The number of imidazole rings is 1. The number of aromatic amines is 1. The van der Waals surface area contributed by atoms with Gasteiger partial charge in [-0.15, -0.1) is 0 Å². The van der Waals surface area contributed by atoms with Crippen LogP contribution in [0, 0.1) is 11.7 Å². The summed E-state index contributed by atoms with van der Waals surface area (Å²) in [6, 6.07) is 6.66. The van der Waals surface area contributed by atoms with Crippen molar-refractivity contribution in [1.29, 1.82) is 0 Å². The molecule has 13 nitrogen and oxygen atoms in total. The number of nitrogens with zero attached hydrogens (tertiary/aromatic N) is 5. The van der Waals surface area contributed by atoms with Crippen molar-refractivity contribution >= 4 is 35.0 Å². The zero-order valence-electron chi connectivity index (χ0n) is 27.1. The summed E-state index contributed by atoms with van der Waals surface area (Å²) in [5, 5.41) is 9.08. The third-order valence-corrected chi connectivity index (χ3v) is 9.80. The molecular weight excluding hydrogens is 603 g/mol. The van der Waals surface area contributed by atoms with E-state index in [9.17, 15) is 9.59 Å². The lowest BCUT2D eigenvalue weighted by molar-refractivity contribution is -0.142. The molecule has 47 heavy (non-hydrogen) atoms. The Labute approximate surface area is 274 Å². The number of amides is 2. The van der Waals surface area contributed by atoms with Crippen molar-refractivity contribution in [2.24, 2.45) is 11.7 Å². The summed E-state index contributed by atoms with van der Waals surface area (Å²) in [6.45, 7) is 2.85. The normalized spacial score (nSPS) is 20.8. The monoisotopic (exact) mass is 648 g/mol. The molecular formula is C33H45FN10O3. The molecule has 2 amide bonds. The largest absolute Gasteiger partial charge is 0.367 e. The Morgan fingerprint density at radius 3 is 2.62 bits per heavy atom. The first-order chi connectivity index (χ1) is 22.8. The van der Waals surface area contributed by atoms with Gasteiger partial charge in [0.25, 0.3) is 11.8 Å². The van der Waals surface area contributed by atoms with E-state index in [1.807, 2.05) is 9.80 Å². The number of hydrogen-bond donors (Lipinski definition) is 5. The zero-order valence-corrected chi connectivity index (χ0v) is 27.1. The molecule has 0 spiro atoms. The lowest BCUT2D eigenvalue weighted by Crippen LogP contribution is -2.53. The van der Waals surface area contributed by atoms with Gasteiger partial charge in [0.2, 0.25) is 5.95 Å². The van der Waals surface area contributed by atoms with Crippen molar-refractivity contribution in [2.45, 2.75) is 63.0 Å². The number of carbonyl (C=O) groups excluding carboxylic acids is 2. The summed E-state index contributed by atoms with van der Waals surface area (Å²) in [6.07, 6.45) is 9.26. The fourth-order valence-corrected chi connectivity index (χ4v) is 6.91. The molecule has 14 heteroatoms. The molecule has 252 valence electrons. The molecule has 1 saturated carbocycles. The van der Waals surface area contributed by atoms with Gasteiger partial charge in [0.15, 0.2) is 11.4 Å². The van der Waals surface area contributed by atoms with Crippen LogP contribution in [0.25, 0.3) is 11.4 Å².